The predicted octanol–water partition coefficient (Wildman–Crippen LogP) is 4.75. The van der Waals surface area contributed by atoms with Crippen molar-refractivity contribution in [1.82, 2.24) is 4.98 Å². The number of aromatic nitrogens is 1. The number of aliphatic hydroxyl groups excluding tert-OH is 1. The number of thiazole rings is 1. The molecule has 4 rings (SSSR count). The lowest BCUT2D eigenvalue weighted by Crippen LogP contribution is -2.29. The quantitative estimate of drug-likeness (QED) is 0.129. The Hall–Kier alpha value is -4.64. The Morgan fingerprint density at radius 3 is 2.40 bits per heavy atom. The number of esters is 1. The highest BCUT2D eigenvalue weighted by atomic mass is 32.1. The van der Waals surface area contributed by atoms with Crippen LogP contribution in [0.1, 0.15) is 38.1 Å². The lowest BCUT2D eigenvalue weighted by molar-refractivity contribution is -0.132. The Morgan fingerprint density at radius 1 is 1.07 bits per heavy atom. The molecule has 0 radical (unpaired) electrons. The Labute approximate surface area is 235 Å². The van der Waals surface area contributed by atoms with E-state index in [-0.39, 0.29) is 27.9 Å². The minimum absolute atomic E-state index is 0.00168. The molecule has 1 amide bonds. The van der Waals surface area contributed by atoms with Gasteiger partial charge in [0, 0.05) is 11.1 Å². The highest BCUT2D eigenvalue weighted by Gasteiger charge is 2.49. The first-order valence-corrected chi connectivity index (χ1v) is 12.9. The number of aryl methyl sites for hydroxylation is 2. The number of ether oxygens (including phenoxy) is 4. The van der Waals surface area contributed by atoms with Crippen LogP contribution in [0.3, 0.4) is 0 Å². The molecule has 208 valence electrons. The second kappa shape index (κ2) is 11.6. The molecule has 0 bridgehead atoms. The number of carbonyl (C=O) groups excluding carboxylic acids is 3. The van der Waals surface area contributed by atoms with Gasteiger partial charge in [-0.05, 0) is 55.8 Å². The summed E-state index contributed by atoms with van der Waals surface area (Å²) in [6.45, 7) is 6.93. The monoisotopic (exact) mass is 564 g/mol. The molecule has 0 spiro atoms. The number of benzene rings is 2. The molecule has 40 heavy (non-hydrogen) atoms. The van der Waals surface area contributed by atoms with Crippen LogP contribution < -0.4 is 19.1 Å². The molecule has 11 heteroatoms. The molecule has 1 aliphatic rings. The van der Waals surface area contributed by atoms with Gasteiger partial charge in [0.15, 0.2) is 5.13 Å². The molecule has 0 aliphatic carbocycles. The zero-order valence-electron chi connectivity index (χ0n) is 22.6. The second-order valence-corrected chi connectivity index (χ2v) is 9.74. The summed E-state index contributed by atoms with van der Waals surface area (Å²) in [7, 11) is 4.46. The molecule has 1 saturated heterocycles. The van der Waals surface area contributed by atoms with Gasteiger partial charge < -0.3 is 24.1 Å². The molecule has 2 aromatic carbocycles. The van der Waals surface area contributed by atoms with Crippen molar-refractivity contribution in [3.05, 3.63) is 81.9 Å². The van der Waals surface area contributed by atoms with Crippen molar-refractivity contribution >= 4 is 39.9 Å². The van der Waals surface area contributed by atoms with Crippen LogP contribution in [0.5, 0.6) is 17.2 Å². The van der Waals surface area contributed by atoms with E-state index in [1.807, 2.05) is 0 Å². The maximum absolute atomic E-state index is 13.6. The van der Waals surface area contributed by atoms with Crippen molar-refractivity contribution in [1.29, 1.82) is 0 Å². The molecule has 3 aromatic rings. The van der Waals surface area contributed by atoms with E-state index in [4.69, 9.17) is 18.9 Å². The first kappa shape index (κ1) is 28.4. The van der Waals surface area contributed by atoms with Gasteiger partial charge in [0.25, 0.3) is 5.78 Å². The molecular formula is C29H28N2O8S. The van der Waals surface area contributed by atoms with Crippen LogP contribution in [0.25, 0.3) is 5.76 Å². The summed E-state index contributed by atoms with van der Waals surface area (Å²) in [6, 6.07) is 8.68. The number of amides is 1. The van der Waals surface area contributed by atoms with Gasteiger partial charge >= 0.3 is 11.9 Å². The molecule has 10 nitrogen and oxygen atoms in total. The fraction of sp³-hybridized carbons (Fsp3) is 0.241. The Morgan fingerprint density at radius 2 is 1.77 bits per heavy atom. The molecular weight excluding hydrogens is 536 g/mol. The lowest BCUT2D eigenvalue weighted by Gasteiger charge is -2.25. The van der Waals surface area contributed by atoms with Crippen LogP contribution in [-0.2, 0) is 14.3 Å². The van der Waals surface area contributed by atoms with E-state index < -0.39 is 23.7 Å². The first-order chi connectivity index (χ1) is 19.2. The lowest BCUT2D eigenvalue weighted by atomic mass is 9.94. The Balaban J connectivity index is 1.97. The van der Waals surface area contributed by atoms with Crippen LogP contribution in [0.2, 0.25) is 0 Å². The molecule has 0 unspecified atom stereocenters. The highest BCUT2D eigenvalue weighted by molar-refractivity contribution is 7.17. The van der Waals surface area contributed by atoms with Crippen molar-refractivity contribution in [2.24, 2.45) is 0 Å². The number of anilines is 1. The number of rotatable bonds is 9. The van der Waals surface area contributed by atoms with Gasteiger partial charge in [-0.3, -0.25) is 14.5 Å². The average molecular weight is 565 g/mol. The van der Waals surface area contributed by atoms with Crippen molar-refractivity contribution in [2.45, 2.75) is 19.9 Å². The van der Waals surface area contributed by atoms with E-state index in [1.54, 1.807) is 50.2 Å². The van der Waals surface area contributed by atoms with E-state index in [0.717, 1.165) is 21.8 Å². The van der Waals surface area contributed by atoms with Crippen molar-refractivity contribution in [3.63, 3.8) is 0 Å². The van der Waals surface area contributed by atoms with Crippen molar-refractivity contribution < 1.29 is 38.4 Å². The maximum atomic E-state index is 13.6. The van der Waals surface area contributed by atoms with Gasteiger partial charge in [-0.15, -0.1) is 0 Å². The first-order valence-electron chi connectivity index (χ1n) is 12.1. The number of nitrogens with zero attached hydrogens (tertiary/aromatic N) is 2. The summed E-state index contributed by atoms with van der Waals surface area (Å²) in [5.41, 5.74) is 1.54. The summed E-state index contributed by atoms with van der Waals surface area (Å²) in [5, 5.41) is 11.6. The molecule has 1 aromatic heterocycles. The summed E-state index contributed by atoms with van der Waals surface area (Å²) in [6.07, 6.45) is 1.43. The van der Waals surface area contributed by atoms with Crippen molar-refractivity contribution in [2.75, 3.05) is 32.8 Å². The number of ketones is 1. The zero-order chi connectivity index (χ0) is 29.1. The number of carbonyl (C=O) groups is 3. The Kier molecular flexibility index (Phi) is 8.24. The maximum Gasteiger partial charge on any atom is 0.350 e. The van der Waals surface area contributed by atoms with E-state index in [1.165, 1.54) is 27.4 Å². The Bertz CT molecular complexity index is 1540. The molecule has 1 aliphatic heterocycles. The predicted molar refractivity (Wildman–Crippen MR) is 149 cm³/mol. The second-order valence-electron chi connectivity index (χ2n) is 8.76. The van der Waals surface area contributed by atoms with Crippen molar-refractivity contribution in [3.8, 4) is 17.2 Å². The van der Waals surface area contributed by atoms with Crippen LogP contribution in [0.4, 0.5) is 5.13 Å². The summed E-state index contributed by atoms with van der Waals surface area (Å²) in [4.78, 5) is 45.5. The molecule has 0 saturated carbocycles. The average Bonchev–Trinajstić information content (AvgIpc) is 3.46. The molecule has 1 atom stereocenters. The summed E-state index contributed by atoms with van der Waals surface area (Å²) < 4.78 is 21.5. The van der Waals surface area contributed by atoms with Gasteiger partial charge in [0.1, 0.15) is 40.5 Å². The van der Waals surface area contributed by atoms with Gasteiger partial charge in [-0.25, -0.2) is 9.78 Å². The molecule has 2 heterocycles. The topological polar surface area (TPSA) is 124 Å². The standard InChI is InChI=1S/C29H28N2O8S/c1-7-12-39-28(35)26-16(3)30-29(40-26)31-23(19-14-18(36-4)9-11-21(19)38-6)22(25(33)27(31)34)24(32)17-8-10-20(37-5)15(2)13-17/h7-11,13-14,23,32H,1,12H2,2-6H3/b24-22+/t23-/m1/s1. The minimum Gasteiger partial charge on any atom is -0.507 e. The number of hydrogen-bond acceptors (Lipinski definition) is 10. The van der Waals surface area contributed by atoms with Crippen LogP contribution >= 0.6 is 11.3 Å². The van der Waals surface area contributed by atoms with E-state index in [9.17, 15) is 19.5 Å². The third-order valence-corrected chi connectivity index (χ3v) is 7.49. The third-order valence-electron chi connectivity index (χ3n) is 6.35. The normalized spacial score (nSPS) is 16.1. The van der Waals surface area contributed by atoms with E-state index >= 15 is 0 Å². The van der Waals surface area contributed by atoms with Gasteiger partial charge in [-0.1, -0.05) is 24.0 Å². The largest absolute Gasteiger partial charge is 0.507 e. The number of hydrogen-bond donors (Lipinski definition) is 1. The van der Waals surface area contributed by atoms with Crippen LogP contribution in [0, 0.1) is 13.8 Å². The van der Waals surface area contributed by atoms with Gasteiger partial charge in [0.05, 0.1) is 32.6 Å². The highest BCUT2D eigenvalue weighted by Crippen LogP contribution is 2.47. The smallest absolute Gasteiger partial charge is 0.350 e. The van der Waals surface area contributed by atoms with E-state index in [0.29, 0.717) is 34.1 Å². The summed E-state index contributed by atoms with van der Waals surface area (Å²) in [5.74, 6) is -1.51. The third kappa shape index (κ3) is 5.03. The van der Waals surface area contributed by atoms with E-state index in [2.05, 4.69) is 11.6 Å². The fourth-order valence-electron chi connectivity index (χ4n) is 4.43. The fourth-order valence-corrected chi connectivity index (χ4v) is 5.42. The minimum atomic E-state index is -1.16. The number of Topliss-reactive ketones (excluding diaryl/α,β-unsaturated/α-hetero) is 1. The summed E-state index contributed by atoms with van der Waals surface area (Å²) >= 11 is 0.900. The SMILES string of the molecule is C=CCOC(=O)c1sc(N2C(=O)C(=O)/C(=C(/O)c3ccc(OC)c(C)c3)[C@H]2c2cc(OC)ccc2OC)nc1C. The number of aliphatic hydroxyl groups is 1. The van der Waals surface area contributed by atoms with Gasteiger partial charge in [-0.2, -0.15) is 0 Å². The zero-order valence-corrected chi connectivity index (χ0v) is 23.5. The molecule has 1 N–H and O–H groups in total. The van der Waals surface area contributed by atoms with Gasteiger partial charge in [0.2, 0.25) is 0 Å². The number of methoxy groups -OCH3 is 3. The van der Waals surface area contributed by atoms with Crippen LogP contribution in [-0.4, -0.2) is 55.7 Å². The van der Waals surface area contributed by atoms with Crippen LogP contribution in [0.15, 0.2) is 54.6 Å². The molecule has 1 fully saturated rings.